The molecule has 0 aliphatic carbocycles. The monoisotopic (exact) mass is 857 g/mol. The summed E-state index contributed by atoms with van der Waals surface area (Å²) in [5.74, 6) is -6.07. The van der Waals surface area contributed by atoms with Crippen molar-refractivity contribution in [1.82, 2.24) is 9.80 Å². The van der Waals surface area contributed by atoms with E-state index in [1.54, 1.807) is 58.3 Å². The summed E-state index contributed by atoms with van der Waals surface area (Å²) in [6.45, 7) is 3.49. The minimum atomic E-state index is -1.15. The van der Waals surface area contributed by atoms with E-state index in [0.29, 0.717) is 78.4 Å². The first-order chi connectivity index (χ1) is 28.6. The molecule has 0 spiro atoms. The zero-order valence-corrected chi connectivity index (χ0v) is 33.4. The van der Waals surface area contributed by atoms with Crippen molar-refractivity contribution in [1.29, 1.82) is 0 Å². The number of amides is 4. The van der Waals surface area contributed by atoms with Crippen LogP contribution >= 0.6 is 23.5 Å². The summed E-state index contributed by atoms with van der Waals surface area (Å²) in [4.78, 5) is 69.8. The SMILES string of the molecule is O=C(O)COCCOCCOCCOc1c(F)cc(N2C(=O)C(Sc3ccc(C(=O)N4CCOCC4)cc3)=C(Sc3ccc(C(=O)N4CCOCC4)cc3)C2=O)cc1F. The number of benzene rings is 3. The molecule has 0 atom stereocenters. The molecular formula is C40H41F2N3O12S2. The van der Waals surface area contributed by atoms with Gasteiger partial charge in [-0.05, 0) is 48.5 Å². The number of carbonyl (C=O) groups excluding carboxylic acids is 4. The number of carbonyl (C=O) groups is 5. The standard InChI is InChI=1S/C40H41F2N3O12S2/c41-31-23-28(24-32(42)34(31)57-22-21-55-18-17-54-19-20-56-25-33(46)47)45-39(50)35(58-29-5-1-26(2-6-29)37(48)43-9-13-52-14-10-43)36(40(45)51)59-30-7-3-27(4-8-30)38(49)44-11-15-53-16-12-44/h1-8,23-24H,9-22,25H2,(H,46,47). The van der Waals surface area contributed by atoms with E-state index in [9.17, 15) is 24.0 Å². The number of halogens is 2. The highest BCUT2D eigenvalue weighted by atomic mass is 32.2. The molecule has 3 aromatic carbocycles. The van der Waals surface area contributed by atoms with Crippen LogP contribution in [0.4, 0.5) is 14.5 Å². The van der Waals surface area contributed by atoms with Crippen molar-refractivity contribution in [2.24, 2.45) is 0 Å². The molecule has 59 heavy (non-hydrogen) atoms. The van der Waals surface area contributed by atoms with Gasteiger partial charge >= 0.3 is 5.97 Å². The van der Waals surface area contributed by atoms with Gasteiger partial charge in [0.25, 0.3) is 23.6 Å². The van der Waals surface area contributed by atoms with Gasteiger partial charge in [0.15, 0.2) is 17.4 Å². The molecule has 15 nitrogen and oxygen atoms in total. The molecule has 4 amide bonds. The number of aliphatic carboxylic acids is 1. The summed E-state index contributed by atoms with van der Waals surface area (Å²) in [7, 11) is 0. The number of rotatable bonds is 19. The molecule has 1 N–H and O–H groups in total. The Morgan fingerprint density at radius 3 is 1.46 bits per heavy atom. The zero-order valence-electron chi connectivity index (χ0n) is 31.7. The second-order valence-corrected chi connectivity index (χ2v) is 15.1. The number of hydrogen-bond donors (Lipinski definition) is 1. The molecule has 2 fully saturated rings. The quantitative estimate of drug-likeness (QED) is 0.135. The fraction of sp³-hybridized carbons (Fsp3) is 0.375. The summed E-state index contributed by atoms with van der Waals surface area (Å²) >= 11 is 1.95. The maximum Gasteiger partial charge on any atom is 0.329 e. The lowest BCUT2D eigenvalue weighted by atomic mass is 10.2. The second-order valence-electron chi connectivity index (χ2n) is 12.9. The number of nitrogens with zero attached hydrogens (tertiary/aromatic N) is 3. The van der Waals surface area contributed by atoms with Crippen molar-refractivity contribution >= 4 is 58.8 Å². The highest BCUT2D eigenvalue weighted by Gasteiger charge is 2.41. The summed E-state index contributed by atoms with van der Waals surface area (Å²) in [5, 5.41) is 8.54. The summed E-state index contributed by atoms with van der Waals surface area (Å²) in [5.41, 5.74) is 0.524. The van der Waals surface area contributed by atoms with Gasteiger partial charge in [0.05, 0.1) is 75.0 Å². The van der Waals surface area contributed by atoms with E-state index in [-0.39, 0.29) is 67.0 Å². The van der Waals surface area contributed by atoms with Gasteiger partial charge in [-0.25, -0.2) is 18.5 Å². The number of carboxylic acids is 1. The summed E-state index contributed by atoms with van der Waals surface area (Å²) in [6.07, 6.45) is 0. The fourth-order valence-electron chi connectivity index (χ4n) is 5.98. The number of morpholine rings is 2. The molecule has 0 saturated carbocycles. The van der Waals surface area contributed by atoms with Crippen LogP contribution in [0.3, 0.4) is 0 Å². The maximum atomic E-state index is 15.4. The van der Waals surface area contributed by atoms with Gasteiger partial charge in [-0.15, -0.1) is 0 Å². The van der Waals surface area contributed by atoms with Crippen molar-refractivity contribution in [3.63, 3.8) is 0 Å². The predicted octanol–water partition coefficient (Wildman–Crippen LogP) is 4.09. The first-order valence-electron chi connectivity index (χ1n) is 18.6. The van der Waals surface area contributed by atoms with Crippen molar-refractivity contribution in [3.8, 4) is 5.75 Å². The van der Waals surface area contributed by atoms with Crippen LogP contribution in [0.25, 0.3) is 0 Å². The molecule has 0 aromatic heterocycles. The largest absolute Gasteiger partial charge is 0.485 e. The van der Waals surface area contributed by atoms with E-state index in [4.69, 9.17) is 33.5 Å². The number of ether oxygens (including phenoxy) is 6. The highest BCUT2D eigenvalue weighted by Crippen LogP contribution is 2.44. The van der Waals surface area contributed by atoms with Crippen LogP contribution in [0.15, 0.2) is 80.3 Å². The first kappa shape index (κ1) is 43.7. The Morgan fingerprint density at radius 2 is 1.03 bits per heavy atom. The average molecular weight is 858 g/mol. The molecule has 314 valence electrons. The lowest BCUT2D eigenvalue weighted by Gasteiger charge is -2.26. The topological polar surface area (TPSA) is 171 Å². The third-order valence-electron chi connectivity index (χ3n) is 8.92. The van der Waals surface area contributed by atoms with Crippen LogP contribution < -0.4 is 9.64 Å². The Bertz CT molecular complexity index is 1900. The molecule has 3 aliphatic heterocycles. The first-order valence-corrected chi connectivity index (χ1v) is 20.2. The van der Waals surface area contributed by atoms with E-state index in [2.05, 4.69) is 0 Å². The number of thioether (sulfide) groups is 2. The Hall–Kier alpha value is -4.89. The van der Waals surface area contributed by atoms with Gasteiger partial charge in [0.1, 0.15) is 13.2 Å². The zero-order chi connectivity index (χ0) is 41.7. The number of carboxylic acid groups (broad SMARTS) is 1. The molecular weight excluding hydrogens is 817 g/mol. The molecule has 0 bridgehead atoms. The Morgan fingerprint density at radius 1 is 0.627 bits per heavy atom. The minimum absolute atomic E-state index is 0.00390. The van der Waals surface area contributed by atoms with Gasteiger partial charge < -0.3 is 43.3 Å². The van der Waals surface area contributed by atoms with Crippen LogP contribution in [0, 0.1) is 11.6 Å². The predicted molar refractivity (Wildman–Crippen MR) is 210 cm³/mol. The van der Waals surface area contributed by atoms with Crippen LogP contribution in [0.5, 0.6) is 5.75 Å². The van der Waals surface area contributed by atoms with Gasteiger partial charge in [0.2, 0.25) is 0 Å². The van der Waals surface area contributed by atoms with Crippen LogP contribution in [0.1, 0.15) is 20.7 Å². The second kappa shape index (κ2) is 21.4. The third-order valence-corrected chi connectivity index (χ3v) is 11.2. The fourth-order valence-corrected chi connectivity index (χ4v) is 7.97. The van der Waals surface area contributed by atoms with Crippen LogP contribution in [0.2, 0.25) is 0 Å². The minimum Gasteiger partial charge on any atom is -0.485 e. The van der Waals surface area contributed by atoms with E-state index in [1.165, 1.54) is 0 Å². The summed E-state index contributed by atoms with van der Waals surface area (Å²) in [6, 6.07) is 14.8. The van der Waals surface area contributed by atoms with E-state index >= 15 is 8.78 Å². The molecule has 19 heteroatoms. The van der Waals surface area contributed by atoms with Gasteiger partial charge in [0, 0.05) is 59.2 Å². The smallest absolute Gasteiger partial charge is 0.329 e. The van der Waals surface area contributed by atoms with Gasteiger partial charge in [-0.3, -0.25) is 19.2 Å². The molecule has 6 rings (SSSR count). The van der Waals surface area contributed by atoms with E-state index in [1.807, 2.05) is 0 Å². The third kappa shape index (κ3) is 11.7. The van der Waals surface area contributed by atoms with Crippen molar-refractivity contribution in [3.05, 3.63) is 93.2 Å². The normalized spacial score (nSPS) is 15.9. The van der Waals surface area contributed by atoms with E-state index in [0.717, 1.165) is 35.7 Å². The Balaban J connectivity index is 1.14. The average Bonchev–Trinajstić information content (AvgIpc) is 3.47. The van der Waals surface area contributed by atoms with Crippen molar-refractivity contribution in [2.45, 2.75) is 9.79 Å². The lowest BCUT2D eigenvalue weighted by molar-refractivity contribution is -0.142. The van der Waals surface area contributed by atoms with Gasteiger partial charge in [-0.1, -0.05) is 23.5 Å². The van der Waals surface area contributed by atoms with Crippen molar-refractivity contribution in [2.75, 3.05) is 104 Å². The summed E-state index contributed by atoms with van der Waals surface area (Å²) < 4.78 is 62.2. The van der Waals surface area contributed by atoms with E-state index < -0.39 is 41.8 Å². The molecule has 0 unspecified atom stereocenters. The van der Waals surface area contributed by atoms with Gasteiger partial charge in [-0.2, -0.15) is 0 Å². The molecule has 2 saturated heterocycles. The molecule has 0 radical (unpaired) electrons. The number of imide groups is 1. The van der Waals surface area contributed by atoms with Crippen LogP contribution in [-0.2, 0) is 38.1 Å². The maximum absolute atomic E-state index is 15.4. The molecule has 3 aromatic rings. The Labute approximate surface area is 346 Å². The highest BCUT2D eigenvalue weighted by molar-refractivity contribution is 8.08. The lowest BCUT2D eigenvalue weighted by Crippen LogP contribution is -2.40. The molecule has 3 heterocycles. The Kier molecular flexibility index (Phi) is 15.8. The van der Waals surface area contributed by atoms with Crippen LogP contribution in [-0.4, -0.2) is 143 Å². The van der Waals surface area contributed by atoms with Crippen molar-refractivity contribution < 1.29 is 66.3 Å². The number of hydrogen-bond acceptors (Lipinski definition) is 13. The molecule has 3 aliphatic rings. The number of anilines is 1.